The first kappa shape index (κ1) is 11.7. The molecule has 1 rings (SSSR count). The summed E-state index contributed by atoms with van der Waals surface area (Å²) in [6.45, 7) is 2.83. The molecule has 0 fully saturated rings. The first-order valence-electron chi connectivity index (χ1n) is 5.02. The second-order valence-corrected chi connectivity index (χ2v) is 3.35. The Morgan fingerprint density at radius 3 is 3.00 bits per heavy atom. The number of aromatic nitrogens is 2. The lowest BCUT2D eigenvalue weighted by Gasteiger charge is -2.07. The fraction of sp³-hybridized carbons (Fsp3) is 0.600. The van der Waals surface area contributed by atoms with Crippen LogP contribution < -0.4 is 5.73 Å². The second kappa shape index (κ2) is 5.50. The topological polar surface area (TPSA) is 70.1 Å². The summed E-state index contributed by atoms with van der Waals surface area (Å²) < 4.78 is 6.36. The summed E-state index contributed by atoms with van der Waals surface area (Å²) in [5.41, 5.74) is 6.86. The van der Waals surface area contributed by atoms with Crippen LogP contribution in [0, 0.1) is 0 Å². The monoisotopic (exact) mass is 211 g/mol. The van der Waals surface area contributed by atoms with Crippen molar-refractivity contribution in [3.8, 4) is 0 Å². The fourth-order valence-electron chi connectivity index (χ4n) is 1.29. The van der Waals surface area contributed by atoms with E-state index in [0.29, 0.717) is 12.8 Å². The van der Waals surface area contributed by atoms with Crippen molar-refractivity contribution in [2.45, 2.75) is 32.4 Å². The minimum Gasteiger partial charge on any atom is -0.469 e. The number of rotatable bonds is 5. The quantitative estimate of drug-likeness (QED) is 0.733. The van der Waals surface area contributed by atoms with E-state index in [1.54, 1.807) is 6.20 Å². The van der Waals surface area contributed by atoms with Crippen LogP contribution in [0.3, 0.4) is 0 Å². The third-order valence-corrected chi connectivity index (χ3v) is 2.29. The van der Waals surface area contributed by atoms with Crippen LogP contribution in [0.5, 0.6) is 0 Å². The lowest BCUT2D eigenvalue weighted by Crippen LogP contribution is -2.12. The molecule has 0 radical (unpaired) electrons. The van der Waals surface area contributed by atoms with Gasteiger partial charge in [-0.1, -0.05) is 0 Å². The molecule has 1 heterocycles. The van der Waals surface area contributed by atoms with Crippen molar-refractivity contribution < 1.29 is 9.53 Å². The Bertz CT molecular complexity index is 322. The van der Waals surface area contributed by atoms with E-state index < -0.39 is 0 Å². The van der Waals surface area contributed by atoms with Crippen LogP contribution in [0.15, 0.2) is 12.4 Å². The molecule has 0 aliphatic rings. The van der Waals surface area contributed by atoms with Crippen LogP contribution in [0.4, 0.5) is 0 Å². The Labute approximate surface area is 89.2 Å². The SMILES string of the molecule is CCn1cc(C(N)CCC(=O)OC)cn1. The van der Waals surface area contributed by atoms with Gasteiger partial charge in [-0.2, -0.15) is 5.10 Å². The molecule has 15 heavy (non-hydrogen) atoms. The molecular formula is C10H17N3O2. The molecule has 0 aliphatic heterocycles. The second-order valence-electron chi connectivity index (χ2n) is 3.35. The Balaban J connectivity index is 2.46. The van der Waals surface area contributed by atoms with Gasteiger partial charge in [-0.3, -0.25) is 9.48 Å². The van der Waals surface area contributed by atoms with Gasteiger partial charge < -0.3 is 10.5 Å². The molecule has 5 nitrogen and oxygen atoms in total. The summed E-state index contributed by atoms with van der Waals surface area (Å²) >= 11 is 0. The van der Waals surface area contributed by atoms with E-state index in [0.717, 1.165) is 12.1 Å². The summed E-state index contributed by atoms with van der Waals surface area (Å²) in [6, 6.07) is -0.149. The van der Waals surface area contributed by atoms with Crippen LogP contribution in [0.25, 0.3) is 0 Å². The lowest BCUT2D eigenvalue weighted by atomic mass is 10.1. The predicted octanol–water partition coefficient (Wildman–Crippen LogP) is 0.856. The number of methoxy groups -OCH3 is 1. The van der Waals surface area contributed by atoms with Crippen molar-refractivity contribution >= 4 is 5.97 Å². The van der Waals surface area contributed by atoms with Crippen molar-refractivity contribution in [3.05, 3.63) is 18.0 Å². The number of hydrogen-bond acceptors (Lipinski definition) is 4. The highest BCUT2D eigenvalue weighted by atomic mass is 16.5. The largest absolute Gasteiger partial charge is 0.469 e. The molecule has 5 heteroatoms. The maximum absolute atomic E-state index is 10.9. The van der Waals surface area contributed by atoms with Gasteiger partial charge in [0.25, 0.3) is 0 Å². The van der Waals surface area contributed by atoms with E-state index in [1.165, 1.54) is 7.11 Å². The Hall–Kier alpha value is -1.36. The zero-order valence-electron chi connectivity index (χ0n) is 9.14. The van der Waals surface area contributed by atoms with Gasteiger partial charge >= 0.3 is 5.97 Å². The zero-order chi connectivity index (χ0) is 11.3. The molecule has 0 amide bonds. The number of esters is 1. The third-order valence-electron chi connectivity index (χ3n) is 2.29. The van der Waals surface area contributed by atoms with Gasteiger partial charge in [0.05, 0.1) is 13.3 Å². The number of nitrogens with two attached hydrogens (primary N) is 1. The number of ether oxygens (including phenoxy) is 1. The summed E-state index contributed by atoms with van der Waals surface area (Å²) in [4.78, 5) is 10.9. The molecule has 0 saturated heterocycles. The van der Waals surface area contributed by atoms with Gasteiger partial charge in [0.1, 0.15) is 0 Å². The summed E-state index contributed by atoms with van der Waals surface area (Å²) in [5, 5.41) is 4.12. The van der Waals surface area contributed by atoms with Crippen molar-refractivity contribution in [3.63, 3.8) is 0 Å². The van der Waals surface area contributed by atoms with Gasteiger partial charge in [-0.25, -0.2) is 0 Å². The summed E-state index contributed by atoms with van der Waals surface area (Å²) in [5.74, 6) is -0.228. The molecule has 1 aromatic rings. The summed E-state index contributed by atoms with van der Waals surface area (Å²) in [6.07, 6.45) is 4.57. The first-order valence-corrected chi connectivity index (χ1v) is 5.02. The van der Waals surface area contributed by atoms with E-state index in [4.69, 9.17) is 5.73 Å². The van der Waals surface area contributed by atoms with E-state index >= 15 is 0 Å². The Kier molecular flexibility index (Phi) is 4.30. The molecule has 0 spiro atoms. The molecule has 0 aliphatic carbocycles. The van der Waals surface area contributed by atoms with Gasteiger partial charge in [0.15, 0.2) is 0 Å². The standard InChI is InChI=1S/C10H17N3O2/c1-3-13-7-8(6-12-13)9(11)4-5-10(14)15-2/h6-7,9H,3-5,11H2,1-2H3. The Morgan fingerprint density at radius 1 is 1.73 bits per heavy atom. The first-order chi connectivity index (χ1) is 7.17. The van der Waals surface area contributed by atoms with E-state index in [9.17, 15) is 4.79 Å². The normalized spacial score (nSPS) is 12.5. The molecule has 0 aromatic carbocycles. The van der Waals surface area contributed by atoms with Crippen molar-refractivity contribution in [1.29, 1.82) is 0 Å². The van der Waals surface area contributed by atoms with E-state index in [-0.39, 0.29) is 12.0 Å². The van der Waals surface area contributed by atoms with Crippen molar-refractivity contribution in [1.82, 2.24) is 9.78 Å². The van der Waals surface area contributed by atoms with Crippen LogP contribution in [0.2, 0.25) is 0 Å². The maximum atomic E-state index is 10.9. The van der Waals surface area contributed by atoms with Gasteiger partial charge in [0.2, 0.25) is 0 Å². The Morgan fingerprint density at radius 2 is 2.47 bits per heavy atom. The highest BCUT2D eigenvalue weighted by Gasteiger charge is 2.10. The van der Waals surface area contributed by atoms with Crippen molar-refractivity contribution in [2.24, 2.45) is 5.73 Å². The van der Waals surface area contributed by atoms with Crippen LogP contribution in [-0.4, -0.2) is 22.9 Å². The molecular weight excluding hydrogens is 194 g/mol. The van der Waals surface area contributed by atoms with E-state index in [2.05, 4.69) is 9.84 Å². The fourth-order valence-corrected chi connectivity index (χ4v) is 1.29. The molecule has 0 bridgehead atoms. The average Bonchev–Trinajstić information content (AvgIpc) is 2.73. The average molecular weight is 211 g/mol. The minimum atomic E-state index is -0.228. The zero-order valence-corrected chi connectivity index (χ0v) is 9.14. The maximum Gasteiger partial charge on any atom is 0.305 e. The summed E-state index contributed by atoms with van der Waals surface area (Å²) in [7, 11) is 1.38. The molecule has 1 atom stereocenters. The number of aryl methyl sites for hydroxylation is 1. The van der Waals surface area contributed by atoms with Gasteiger partial charge in [0, 0.05) is 30.8 Å². The molecule has 1 aromatic heterocycles. The van der Waals surface area contributed by atoms with Crippen LogP contribution in [0.1, 0.15) is 31.4 Å². The third kappa shape index (κ3) is 3.36. The minimum absolute atomic E-state index is 0.149. The van der Waals surface area contributed by atoms with Crippen molar-refractivity contribution in [2.75, 3.05) is 7.11 Å². The van der Waals surface area contributed by atoms with Crippen LogP contribution >= 0.6 is 0 Å². The molecule has 1 unspecified atom stereocenters. The van der Waals surface area contributed by atoms with Gasteiger partial charge in [-0.15, -0.1) is 0 Å². The number of nitrogens with zero attached hydrogens (tertiary/aromatic N) is 2. The highest BCUT2D eigenvalue weighted by Crippen LogP contribution is 2.14. The van der Waals surface area contributed by atoms with Crippen LogP contribution in [-0.2, 0) is 16.1 Å². The smallest absolute Gasteiger partial charge is 0.305 e. The number of carbonyl (C=O) groups is 1. The molecule has 0 saturated carbocycles. The molecule has 84 valence electrons. The van der Waals surface area contributed by atoms with Gasteiger partial charge in [-0.05, 0) is 13.3 Å². The molecule has 2 N–H and O–H groups in total. The van der Waals surface area contributed by atoms with E-state index in [1.807, 2.05) is 17.8 Å². The number of carbonyl (C=O) groups excluding carboxylic acids is 1. The highest BCUT2D eigenvalue weighted by molar-refractivity contribution is 5.69. The predicted molar refractivity (Wildman–Crippen MR) is 56.1 cm³/mol. The lowest BCUT2D eigenvalue weighted by molar-refractivity contribution is -0.140. The number of hydrogen-bond donors (Lipinski definition) is 1.